The topological polar surface area (TPSA) is 62.2 Å². The number of pyridine rings is 1. The van der Waals surface area contributed by atoms with Gasteiger partial charge in [-0.1, -0.05) is 17.7 Å². The number of alkyl halides is 3. The summed E-state index contributed by atoms with van der Waals surface area (Å²) >= 11 is 5.98. The molecular formula is C13H10ClF3N2O2. The minimum absolute atomic E-state index is 0.131. The van der Waals surface area contributed by atoms with Gasteiger partial charge < -0.3 is 5.11 Å². The third-order valence-corrected chi connectivity index (χ3v) is 3.14. The molecule has 2 N–H and O–H groups in total. The maximum absolute atomic E-state index is 12.3. The van der Waals surface area contributed by atoms with E-state index in [1.165, 1.54) is 18.3 Å². The molecule has 0 saturated carbocycles. The van der Waals surface area contributed by atoms with Gasteiger partial charge in [0.25, 0.3) is 0 Å². The molecule has 112 valence electrons. The number of hydrogen-bond donors (Lipinski definition) is 2. The molecule has 4 nitrogen and oxygen atoms in total. The molecule has 2 aromatic rings. The van der Waals surface area contributed by atoms with Crippen LogP contribution in [-0.2, 0) is 4.79 Å². The summed E-state index contributed by atoms with van der Waals surface area (Å²) in [4.78, 5) is 15.3. The van der Waals surface area contributed by atoms with Crippen LogP contribution in [0.4, 0.5) is 13.2 Å². The van der Waals surface area contributed by atoms with E-state index in [9.17, 15) is 18.0 Å². The van der Waals surface area contributed by atoms with Crippen LogP contribution in [0.15, 0.2) is 30.5 Å². The molecule has 1 aromatic carbocycles. The second-order valence-corrected chi connectivity index (χ2v) is 4.71. The number of benzene rings is 1. The molecule has 0 saturated heterocycles. The van der Waals surface area contributed by atoms with E-state index in [1.807, 2.05) is 5.32 Å². The number of rotatable bonds is 4. The summed E-state index contributed by atoms with van der Waals surface area (Å²) in [5.41, 5.74) is 0.388. The van der Waals surface area contributed by atoms with Gasteiger partial charge in [0.15, 0.2) is 0 Å². The van der Waals surface area contributed by atoms with Crippen LogP contribution in [-0.4, -0.2) is 28.8 Å². The molecule has 0 bridgehead atoms. The highest BCUT2D eigenvalue weighted by molar-refractivity contribution is 6.35. The second kappa shape index (κ2) is 5.87. The number of carbonyl (C=O) groups is 1. The van der Waals surface area contributed by atoms with E-state index < -0.39 is 24.7 Å². The molecule has 0 fully saturated rings. The third kappa shape index (κ3) is 3.62. The van der Waals surface area contributed by atoms with Crippen LogP contribution >= 0.6 is 11.6 Å². The molecule has 21 heavy (non-hydrogen) atoms. The van der Waals surface area contributed by atoms with Gasteiger partial charge in [-0.2, -0.15) is 13.2 Å². The maximum Gasteiger partial charge on any atom is 0.401 e. The Morgan fingerprint density at radius 3 is 2.71 bits per heavy atom. The Labute approximate surface area is 122 Å². The predicted molar refractivity (Wildman–Crippen MR) is 71.2 cm³/mol. The number of aromatic nitrogens is 1. The molecule has 1 unspecified atom stereocenters. The van der Waals surface area contributed by atoms with Crippen molar-refractivity contribution in [3.8, 4) is 0 Å². The lowest BCUT2D eigenvalue weighted by atomic mass is 10.0. The zero-order valence-electron chi connectivity index (χ0n) is 10.5. The van der Waals surface area contributed by atoms with Crippen molar-refractivity contribution in [3.05, 3.63) is 41.0 Å². The van der Waals surface area contributed by atoms with E-state index in [0.717, 1.165) is 0 Å². The van der Waals surface area contributed by atoms with E-state index in [4.69, 9.17) is 16.7 Å². The first-order valence-corrected chi connectivity index (χ1v) is 6.23. The summed E-state index contributed by atoms with van der Waals surface area (Å²) in [6, 6.07) is 4.50. The first-order chi connectivity index (χ1) is 9.79. The normalized spacial score (nSPS) is 13.3. The van der Waals surface area contributed by atoms with Gasteiger partial charge in [-0.05, 0) is 18.2 Å². The van der Waals surface area contributed by atoms with Gasteiger partial charge in [0.1, 0.15) is 6.04 Å². The van der Waals surface area contributed by atoms with E-state index in [0.29, 0.717) is 10.4 Å². The molecular weight excluding hydrogens is 309 g/mol. The second-order valence-electron chi connectivity index (χ2n) is 4.30. The molecule has 1 aromatic heterocycles. The van der Waals surface area contributed by atoms with Crippen LogP contribution in [0.5, 0.6) is 0 Å². The summed E-state index contributed by atoms with van der Waals surface area (Å²) in [6.07, 6.45) is -3.09. The SMILES string of the molecule is O=C(O)C(NCC(F)(F)F)c1ccc(Cl)c2cccnc12. The standard InChI is InChI=1S/C13H10ClF3N2O2/c14-9-4-3-8(10-7(9)2-1-5-18-10)11(12(20)21)19-6-13(15,16)17/h1-5,11,19H,6H2,(H,20,21). The van der Waals surface area contributed by atoms with Crippen LogP contribution in [0, 0.1) is 0 Å². The molecule has 0 aliphatic heterocycles. The average molecular weight is 319 g/mol. The van der Waals surface area contributed by atoms with Gasteiger partial charge in [0.05, 0.1) is 12.1 Å². The minimum Gasteiger partial charge on any atom is -0.480 e. The molecule has 0 amide bonds. The van der Waals surface area contributed by atoms with Gasteiger partial charge in [-0.3, -0.25) is 15.1 Å². The Kier molecular flexibility index (Phi) is 4.34. The summed E-state index contributed by atoms with van der Waals surface area (Å²) in [5.74, 6) is -1.42. The number of aliphatic carboxylic acids is 1. The molecule has 1 heterocycles. The van der Waals surface area contributed by atoms with E-state index in [-0.39, 0.29) is 11.1 Å². The van der Waals surface area contributed by atoms with Gasteiger partial charge >= 0.3 is 12.1 Å². The van der Waals surface area contributed by atoms with E-state index >= 15 is 0 Å². The van der Waals surface area contributed by atoms with Crippen LogP contribution in [0.1, 0.15) is 11.6 Å². The van der Waals surface area contributed by atoms with Crippen LogP contribution in [0.3, 0.4) is 0 Å². The Balaban J connectivity index is 2.46. The first kappa shape index (κ1) is 15.5. The number of nitrogens with one attached hydrogen (secondary N) is 1. The van der Waals surface area contributed by atoms with Crippen molar-refractivity contribution in [1.82, 2.24) is 10.3 Å². The van der Waals surface area contributed by atoms with Gasteiger partial charge in [0, 0.05) is 22.2 Å². The van der Waals surface area contributed by atoms with Crippen molar-refractivity contribution in [2.45, 2.75) is 12.2 Å². The Bertz CT molecular complexity index is 676. The molecule has 2 rings (SSSR count). The fourth-order valence-corrected chi connectivity index (χ4v) is 2.16. The zero-order chi connectivity index (χ0) is 15.6. The lowest BCUT2D eigenvalue weighted by molar-refractivity contribution is -0.143. The quantitative estimate of drug-likeness (QED) is 0.909. The lowest BCUT2D eigenvalue weighted by Gasteiger charge is -2.18. The molecule has 0 spiro atoms. The number of halogens is 4. The van der Waals surface area contributed by atoms with Crippen LogP contribution < -0.4 is 5.32 Å². The summed E-state index contributed by atoms with van der Waals surface area (Å²) in [7, 11) is 0. The predicted octanol–water partition coefficient (Wildman–Crippen LogP) is 3.17. The van der Waals surface area contributed by atoms with Gasteiger partial charge in [-0.15, -0.1) is 0 Å². The number of hydrogen-bond acceptors (Lipinski definition) is 3. The molecule has 0 radical (unpaired) electrons. The zero-order valence-corrected chi connectivity index (χ0v) is 11.2. The van der Waals surface area contributed by atoms with Crippen LogP contribution in [0.2, 0.25) is 5.02 Å². The number of nitrogens with zero attached hydrogens (tertiary/aromatic N) is 1. The Morgan fingerprint density at radius 1 is 1.38 bits per heavy atom. The number of carboxylic acids is 1. The number of fused-ring (bicyclic) bond motifs is 1. The summed E-state index contributed by atoms with van der Waals surface area (Å²) < 4.78 is 36.8. The monoisotopic (exact) mass is 318 g/mol. The van der Waals surface area contributed by atoms with Crippen molar-refractivity contribution in [1.29, 1.82) is 0 Å². The molecule has 0 aliphatic rings. The molecule has 0 aliphatic carbocycles. The molecule has 1 atom stereocenters. The fourth-order valence-electron chi connectivity index (χ4n) is 1.94. The van der Waals surface area contributed by atoms with Crippen molar-refractivity contribution < 1.29 is 23.1 Å². The maximum atomic E-state index is 12.3. The average Bonchev–Trinajstić information content (AvgIpc) is 2.40. The Morgan fingerprint density at radius 2 is 2.10 bits per heavy atom. The number of carboxylic acid groups (broad SMARTS) is 1. The van der Waals surface area contributed by atoms with Crippen molar-refractivity contribution in [2.24, 2.45) is 0 Å². The largest absolute Gasteiger partial charge is 0.480 e. The van der Waals surface area contributed by atoms with Crippen molar-refractivity contribution in [2.75, 3.05) is 6.54 Å². The van der Waals surface area contributed by atoms with Crippen LogP contribution in [0.25, 0.3) is 10.9 Å². The highest BCUT2D eigenvalue weighted by Crippen LogP contribution is 2.29. The van der Waals surface area contributed by atoms with Crippen molar-refractivity contribution >= 4 is 28.5 Å². The highest BCUT2D eigenvalue weighted by Gasteiger charge is 2.31. The first-order valence-electron chi connectivity index (χ1n) is 5.85. The summed E-state index contributed by atoms with van der Waals surface area (Å²) in [6.45, 7) is -1.42. The fraction of sp³-hybridized carbons (Fsp3) is 0.231. The van der Waals surface area contributed by atoms with E-state index in [2.05, 4.69) is 4.98 Å². The smallest absolute Gasteiger partial charge is 0.401 e. The van der Waals surface area contributed by atoms with Gasteiger partial charge in [0.2, 0.25) is 0 Å². The molecule has 8 heteroatoms. The van der Waals surface area contributed by atoms with E-state index in [1.54, 1.807) is 12.1 Å². The minimum atomic E-state index is -4.51. The summed E-state index contributed by atoms with van der Waals surface area (Å²) in [5, 5.41) is 12.0. The third-order valence-electron chi connectivity index (χ3n) is 2.81. The Hall–Kier alpha value is -1.86. The lowest BCUT2D eigenvalue weighted by Crippen LogP contribution is -2.36. The van der Waals surface area contributed by atoms with Gasteiger partial charge in [-0.25, -0.2) is 0 Å². The highest BCUT2D eigenvalue weighted by atomic mass is 35.5. The van der Waals surface area contributed by atoms with Crippen molar-refractivity contribution in [3.63, 3.8) is 0 Å².